The molecule has 2 heterocycles. The van der Waals surface area contributed by atoms with Gasteiger partial charge in [0.05, 0.1) is 17.2 Å². The van der Waals surface area contributed by atoms with Crippen LogP contribution in [-0.4, -0.2) is 41.3 Å². The van der Waals surface area contributed by atoms with Gasteiger partial charge in [-0.25, -0.2) is 0 Å². The fourth-order valence-electron chi connectivity index (χ4n) is 2.68. The fraction of sp³-hybridized carbons (Fsp3) is 0.294. The first-order chi connectivity index (χ1) is 12.5. The first-order valence-corrected chi connectivity index (χ1v) is 8.89. The van der Waals surface area contributed by atoms with Crippen LogP contribution in [0.25, 0.3) is 0 Å². The molecule has 0 aliphatic carbocycles. The topological polar surface area (TPSA) is 93.0 Å². The molecule has 1 aromatic heterocycles. The number of amides is 2. The Morgan fingerprint density at radius 2 is 2.23 bits per heavy atom. The highest BCUT2D eigenvalue weighted by molar-refractivity contribution is 7.09. The van der Waals surface area contributed by atoms with Crippen molar-refractivity contribution in [2.24, 2.45) is 0 Å². The van der Waals surface area contributed by atoms with Gasteiger partial charge in [-0.1, -0.05) is 6.07 Å². The number of thiophene rings is 1. The number of nitro benzene ring substituents is 1. The molecule has 0 N–H and O–H groups in total. The van der Waals surface area contributed by atoms with E-state index in [1.807, 2.05) is 24.4 Å². The van der Waals surface area contributed by atoms with Crippen LogP contribution in [0.4, 0.5) is 11.4 Å². The lowest BCUT2D eigenvalue weighted by Gasteiger charge is -2.30. The Labute approximate surface area is 153 Å². The zero-order valence-electron chi connectivity index (χ0n) is 14.1. The number of fused-ring (bicyclic) bond motifs is 1. The number of non-ortho nitro benzene ring substituents is 1. The standard InChI is InChI=1S/C17H17N3O5S/c1-2-18(9-13-4-3-7-26-13)16(21)10-19-14-8-12(20(23)24)5-6-15(14)25-11-17(19)22/h3-8H,2,9-11H2,1H3. The second-order valence-corrected chi connectivity index (χ2v) is 6.70. The number of carbonyl (C=O) groups excluding carboxylic acids is 2. The summed E-state index contributed by atoms with van der Waals surface area (Å²) < 4.78 is 5.32. The minimum Gasteiger partial charge on any atom is -0.482 e. The van der Waals surface area contributed by atoms with Gasteiger partial charge in [0.2, 0.25) is 5.91 Å². The van der Waals surface area contributed by atoms with Crippen molar-refractivity contribution in [1.29, 1.82) is 0 Å². The van der Waals surface area contributed by atoms with Gasteiger partial charge in [-0.15, -0.1) is 11.3 Å². The van der Waals surface area contributed by atoms with E-state index in [1.54, 1.807) is 16.2 Å². The number of hydrogen-bond acceptors (Lipinski definition) is 6. The molecule has 0 saturated carbocycles. The molecule has 2 amide bonds. The molecule has 8 nitrogen and oxygen atoms in total. The third kappa shape index (κ3) is 3.67. The minimum absolute atomic E-state index is 0.162. The van der Waals surface area contributed by atoms with E-state index in [1.165, 1.54) is 23.1 Å². The van der Waals surface area contributed by atoms with Crippen LogP contribution in [0, 0.1) is 10.1 Å². The van der Waals surface area contributed by atoms with E-state index in [0.29, 0.717) is 18.8 Å². The second kappa shape index (κ2) is 7.52. The van der Waals surface area contributed by atoms with Gasteiger partial charge in [-0.2, -0.15) is 0 Å². The van der Waals surface area contributed by atoms with Crippen molar-refractivity contribution >= 4 is 34.5 Å². The molecule has 1 aliphatic heterocycles. The van der Waals surface area contributed by atoms with Crippen molar-refractivity contribution in [3.8, 4) is 5.75 Å². The number of rotatable bonds is 6. The highest BCUT2D eigenvalue weighted by Crippen LogP contribution is 2.35. The lowest BCUT2D eigenvalue weighted by molar-refractivity contribution is -0.384. The fourth-order valence-corrected chi connectivity index (χ4v) is 3.40. The smallest absolute Gasteiger partial charge is 0.271 e. The maximum absolute atomic E-state index is 12.7. The molecule has 0 unspecified atom stereocenters. The third-order valence-electron chi connectivity index (χ3n) is 4.05. The predicted molar refractivity (Wildman–Crippen MR) is 96.4 cm³/mol. The molecule has 1 aromatic carbocycles. The summed E-state index contributed by atoms with van der Waals surface area (Å²) in [5.41, 5.74) is 0.0846. The Balaban J connectivity index is 1.82. The number of ether oxygens (including phenoxy) is 1. The van der Waals surface area contributed by atoms with Gasteiger partial charge in [0.15, 0.2) is 6.61 Å². The first-order valence-electron chi connectivity index (χ1n) is 8.01. The Kier molecular flexibility index (Phi) is 5.17. The summed E-state index contributed by atoms with van der Waals surface area (Å²) in [6, 6.07) is 7.87. The highest BCUT2D eigenvalue weighted by Gasteiger charge is 2.30. The van der Waals surface area contributed by atoms with Crippen LogP contribution in [-0.2, 0) is 16.1 Å². The summed E-state index contributed by atoms with van der Waals surface area (Å²) in [5, 5.41) is 13.0. The van der Waals surface area contributed by atoms with Crippen molar-refractivity contribution in [2.45, 2.75) is 13.5 Å². The molecule has 0 fully saturated rings. The van der Waals surface area contributed by atoms with E-state index >= 15 is 0 Å². The molecule has 0 spiro atoms. The Bertz CT molecular complexity index is 837. The molecular weight excluding hydrogens is 358 g/mol. The highest BCUT2D eigenvalue weighted by atomic mass is 32.1. The van der Waals surface area contributed by atoms with Crippen LogP contribution >= 0.6 is 11.3 Å². The maximum atomic E-state index is 12.7. The molecule has 0 saturated heterocycles. The lowest BCUT2D eigenvalue weighted by atomic mass is 10.2. The van der Waals surface area contributed by atoms with Gasteiger partial charge in [0.1, 0.15) is 12.3 Å². The third-order valence-corrected chi connectivity index (χ3v) is 4.91. The predicted octanol–water partition coefficient (Wildman–Crippen LogP) is 2.43. The number of carbonyl (C=O) groups is 2. The van der Waals surface area contributed by atoms with Crippen LogP contribution in [0.3, 0.4) is 0 Å². The Morgan fingerprint density at radius 1 is 1.42 bits per heavy atom. The molecule has 1 aliphatic rings. The Hall–Kier alpha value is -2.94. The van der Waals surface area contributed by atoms with Crippen molar-refractivity contribution in [1.82, 2.24) is 4.90 Å². The first kappa shape index (κ1) is 17.9. The number of anilines is 1. The summed E-state index contributed by atoms with van der Waals surface area (Å²) >= 11 is 1.55. The SMILES string of the molecule is CCN(Cc1cccs1)C(=O)CN1C(=O)COc2ccc([N+](=O)[O-])cc21. The van der Waals surface area contributed by atoms with E-state index < -0.39 is 10.8 Å². The zero-order chi connectivity index (χ0) is 18.7. The minimum atomic E-state index is -0.547. The number of hydrogen-bond donors (Lipinski definition) is 0. The molecule has 136 valence electrons. The van der Waals surface area contributed by atoms with Crippen LogP contribution in [0.1, 0.15) is 11.8 Å². The summed E-state index contributed by atoms with van der Waals surface area (Å²) in [7, 11) is 0. The van der Waals surface area contributed by atoms with E-state index in [-0.39, 0.29) is 30.4 Å². The molecule has 3 rings (SSSR count). The molecule has 0 bridgehead atoms. The van der Waals surface area contributed by atoms with E-state index in [2.05, 4.69) is 0 Å². The summed E-state index contributed by atoms with van der Waals surface area (Å²) in [6.45, 7) is 2.44. The van der Waals surface area contributed by atoms with Gasteiger partial charge in [0, 0.05) is 23.6 Å². The molecule has 2 aromatic rings. The van der Waals surface area contributed by atoms with Crippen LogP contribution in [0.5, 0.6) is 5.75 Å². The van der Waals surface area contributed by atoms with Crippen molar-refractivity contribution in [3.05, 3.63) is 50.7 Å². The molecule has 0 radical (unpaired) electrons. The molecule has 9 heteroatoms. The van der Waals surface area contributed by atoms with Crippen LogP contribution in [0.15, 0.2) is 35.7 Å². The Morgan fingerprint density at radius 3 is 2.88 bits per heavy atom. The van der Waals surface area contributed by atoms with Gasteiger partial charge in [-0.3, -0.25) is 24.6 Å². The molecule has 0 atom stereocenters. The normalized spacial score (nSPS) is 13.1. The number of benzene rings is 1. The van der Waals surface area contributed by atoms with E-state index in [9.17, 15) is 19.7 Å². The quantitative estimate of drug-likeness (QED) is 0.571. The molecular formula is C17H17N3O5S. The average Bonchev–Trinajstić information content (AvgIpc) is 3.14. The summed E-state index contributed by atoms with van der Waals surface area (Å²) in [4.78, 5) is 39.4. The number of likely N-dealkylation sites (N-methyl/N-ethyl adjacent to an activating group) is 1. The number of nitro groups is 1. The van der Waals surface area contributed by atoms with Crippen molar-refractivity contribution in [3.63, 3.8) is 0 Å². The zero-order valence-corrected chi connectivity index (χ0v) is 14.9. The van der Waals surface area contributed by atoms with Crippen LogP contribution in [0.2, 0.25) is 0 Å². The second-order valence-electron chi connectivity index (χ2n) is 5.66. The monoisotopic (exact) mass is 375 g/mol. The molecule has 26 heavy (non-hydrogen) atoms. The van der Waals surface area contributed by atoms with Gasteiger partial charge >= 0.3 is 0 Å². The van der Waals surface area contributed by atoms with Gasteiger partial charge in [0.25, 0.3) is 11.6 Å². The van der Waals surface area contributed by atoms with Gasteiger partial charge in [-0.05, 0) is 24.4 Å². The van der Waals surface area contributed by atoms with E-state index in [4.69, 9.17) is 4.74 Å². The largest absolute Gasteiger partial charge is 0.482 e. The van der Waals surface area contributed by atoms with Crippen molar-refractivity contribution < 1.29 is 19.2 Å². The van der Waals surface area contributed by atoms with Gasteiger partial charge < -0.3 is 9.64 Å². The summed E-state index contributed by atoms with van der Waals surface area (Å²) in [6.07, 6.45) is 0. The lowest BCUT2D eigenvalue weighted by Crippen LogP contribution is -2.46. The number of nitrogens with zero attached hydrogens (tertiary/aromatic N) is 3. The van der Waals surface area contributed by atoms with Crippen LogP contribution < -0.4 is 9.64 Å². The average molecular weight is 375 g/mol. The van der Waals surface area contributed by atoms with E-state index in [0.717, 1.165) is 4.88 Å². The maximum Gasteiger partial charge on any atom is 0.271 e. The van der Waals surface area contributed by atoms with Crippen molar-refractivity contribution in [2.75, 3.05) is 24.6 Å². The summed E-state index contributed by atoms with van der Waals surface area (Å²) in [5.74, 6) is -0.281.